The molecule has 0 atom stereocenters. The van der Waals surface area contributed by atoms with Gasteiger partial charge in [0, 0.05) is 5.69 Å². The standard InChI is InChI=1S/C13H9ClFN3/c1-8-4-10(2-3-11(8)15)17-13-6-9(7-16)5-12(14)18-13/h2-6H,1H3,(H,17,18). The van der Waals surface area contributed by atoms with Crippen LogP contribution in [-0.2, 0) is 0 Å². The maximum atomic E-state index is 13.1. The van der Waals surface area contributed by atoms with Gasteiger partial charge in [-0.1, -0.05) is 11.6 Å². The van der Waals surface area contributed by atoms with E-state index in [1.807, 2.05) is 6.07 Å². The third-order valence-corrected chi connectivity index (χ3v) is 2.55. The Labute approximate surface area is 109 Å². The van der Waals surface area contributed by atoms with Gasteiger partial charge in [0.05, 0.1) is 11.6 Å². The second-order valence-electron chi connectivity index (χ2n) is 3.76. The minimum Gasteiger partial charge on any atom is -0.340 e. The largest absolute Gasteiger partial charge is 0.340 e. The van der Waals surface area contributed by atoms with Crippen molar-refractivity contribution < 1.29 is 4.39 Å². The second kappa shape index (κ2) is 5.03. The number of nitrogens with one attached hydrogen (secondary N) is 1. The summed E-state index contributed by atoms with van der Waals surface area (Å²) < 4.78 is 13.1. The molecule has 0 aliphatic rings. The summed E-state index contributed by atoms with van der Waals surface area (Å²) in [6.45, 7) is 1.67. The number of hydrogen-bond donors (Lipinski definition) is 1. The van der Waals surface area contributed by atoms with Crippen molar-refractivity contribution >= 4 is 23.1 Å². The van der Waals surface area contributed by atoms with Crippen LogP contribution in [0, 0.1) is 24.1 Å². The molecule has 0 unspecified atom stereocenters. The minimum atomic E-state index is -0.266. The van der Waals surface area contributed by atoms with Gasteiger partial charge in [-0.15, -0.1) is 0 Å². The monoisotopic (exact) mass is 261 g/mol. The quantitative estimate of drug-likeness (QED) is 0.837. The molecule has 0 saturated heterocycles. The highest BCUT2D eigenvalue weighted by molar-refractivity contribution is 6.29. The minimum absolute atomic E-state index is 0.232. The average molecular weight is 262 g/mol. The van der Waals surface area contributed by atoms with Crippen molar-refractivity contribution in [2.24, 2.45) is 0 Å². The lowest BCUT2D eigenvalue weighted by molar-refractivity contribution is 0.619. The summed E-state index contributed by atoms with van der Waals surface area (Å²) in [6, 6.07) is 9.66. The zero-order valence-electron chi connectivity index (χ0n) is 9.54. The lowest BCUT2D eigenvalue weighted by Gasteiger charge is -2.07. The van der Waals surface area contributed by atoms with E-state index in [-0.39, 0.29) is 11.0 Å². The summed E-state index contributed by atoms with van der Waals surface area (Å²) in [6.07, 6.45) is 0. The molecule has 1 aromatic carbocycles. The summed E-state index contributed by atoms with van der Waals surface area (Å²) in [5.41, 5.74) is 1.63. The Kier molecular flexibility index (Phi) is 3.45. The molecule has 0 aliphatic carbocycles. The van der Waals surface area contributed by atoms with Crippen molar-refractivity contribution in [2.45, 2.75) is 6.92 Å². The molecule has 0 saturated carbocycles. The van der Waals surface area contributed by atoms with E-state index < -0.39 is 0 Å². The molecule has 1 heterocycles. The Morgan fingerprint density at radius 2 is 2.11 bits per heavy atom. The van der Waals surface area contributed by atoms with E-state index in [2.05, 4.69) is 10.3 Å². The van der Waals surface area contributed by atoms with Crippen molar-refractivity contribution in [2.75, 3.05) is 5.32 Å². The second-order valence-corrected chi connectivity index (χ2v) is 4.15. The van der Waals surface area contributed by atoms with Crippen molar-refractivity contribution in [3.05, 3.63) is 52.4 Å². The van der Waals surface area contributed by atoms with Gasteiger partial charge in [-0.05, 0) is 42.8 Å². The number of hydrogen-bond acceptors (Lipinski definition) is 3. The van der Waals surface area contributed by atoms with Crippen LogP contribution in [0.2, 0.25) is 5.15 Å². The molecular formula is C13H9ClFN3. The van der Waals surface area contributed by atoms with E-state index in [0.717, 1.165) is 0 Å². The molecule has 90 valence electrons. The summed E-state index contributed by atoms with van der Waals surface area (Å²) in [4.78, 5) is 4.04. The Morgan fingerprint density at radius 1 is 1.33 bits per heavy atom. The zero-order chi connectivity index (χ0) is 13.1. The molecule has 0 bridgehead atoms. The first-order valence-electron chi connectivity index (χ1n) is 5.19. The summed E-state index contributed by atoms with van der Waals surface area (Å²) in [7, 11) is 0. The predicted molar refractivity (Wildman–Crippen MR) is 68.4 cm³/mol. The molecule has 18 heavy (non-hydrogen) atoms. The van der Waals surface area contributed by atoms with Crippen molar-refractivity contribution in [3.8, 4) is 6.07 Å². The van der Waals surface area contributed by atoms with E-state index >= 15 is 0 Å². The molecule has 1 aromatic heterocycles. The van der Waals surface area contributed by atoms with Gasteiger partial charge >= 0.3 is 0 Å². The number of halogens is 2. The predicted octanol–water partition coefficient (Wildman–Crippen LogP) is 3.80. The van der Waals surface area contributed by atoms with E-state index in [4.69, 9.17) is 16.9 Å². The number of aromatic nitrogens is 1. The van der Waals surface area contributed by atoms with Crippen LogP contribution in [0.25, 0.3) is 0 Å². The van der Waals surface area contributed by atoms with E-state index in [0.29, 0.717) is 22.6 Å². The fraction of sp³-hybridized carbons (Fsp3) is 0.0769. The third kappa shape index (κ3) is 2.76. The molecule has 2 rings (SSSR count). The topological polar surface area (TPSA) is 48.7 Å². The molecule has 1 N–H and O–H groups in total. The highest BCUT2D eigenvalue weighted by atomic mass is 35.5. The molecule has 5 heteroatoms. The van der Waals surface area contributed by atoms with Crippen LogP contribution >= 0.6 is 11.6 Å². The maximum Gasteiger partial charge on any atom is 0.133 e. The fourth-order valence-electron chi connectivity index (χ4n) is 1.50. The van der Waals surface area contributed by atoms with Crippen LogP contribution in [0.1, 0.15) is 11.1 Å². The molecule has 0 fully saturated rings. The van der Waals surface area contributed by atoms with Crippen LogP contribution in [0.4, 0.5) is 15.9 Å². The number of aryl methyl sites for hydroxylation is 1. The highest BCUT2D eigenvalue weighted by Crippen LogP contribution is 2.20. The third-order valence-electron chi connectivity index (χ3n) is 2.35. The summed E-state index contributed by atoms with van der Waals surface area (Å²) >= 11 is 5.79. The zero-order valence-corrected chi connectivity index (χ0v) is 10.3. The first-order valence-corrected chi connectivity index (χ1v) is 5.57. The molecular weight excluding hydrogens is 253 g/mol. The van der Waals surface area contributed by atoms with E-state index in [9.17, 15) is 4.39 Å². The fourth-order valence-corrected chi connectivity index (χ4v) is 1.70. The molecule has 0 amide bonds. The van der Waals surface area contributed by atoms with Gasteiger partial charge in [-0.2, -0.15) is 5.26 Å². The van der Waals surface area contributed by atoms with Gasteiger partial charge < -0.3 is 5.32 Å². The number of anilines is 2. The lowest BCUT2D eigenvalue weighted by atomic mass is 10.2. The Hall–Kier alpha value is -2.12. The van der Waals surface area contributed by atoms with Crippen molar-refractivity contribution in [1.82, 2.24) is 4.98 Å². The van der Waals surface area contributed by atoms with E-state index in [1.54, 1.807) is 25.1 Å². The number of benzene rings is 1. The van der Waals surface area contributed by atoms with Crippen LogP contribution in [-0.4, -0.2) is 4.98 Å². The number of pyridine rings is 1. The van der Waals surface area contributed by atoms with Crippen LogP contribution in [0.5, 0.6) is 0 Å². The first kappa shape index (κ1) is 12.3. The number of nitriles is 1. The summed E-state index contributed by atoms with van der Waals surface area (Å²) in [5, 5.41) is 12.0. The van der Waals surface area contributed by atoms with Gasteiger partial charge in [0.1, 0.15) is 16.8 Å². The molecule has 0 radical (unpaired) electrons. The van der Waals surface area contributed by atoms with Gasteiger partial charge in [0.2, 0.25) is 0 Å². The van der Waals surface area contributed by atoms with Crippen molar-refractivity contribution in [3.63, 3.8) is 0 Å². The normalized spacial score (nSPS) is 9.89. The van der Waals surface area contributed by atoms with Crippen LogP contribution in [0.3, 0.4) is 0 Å². The van der Waals surface area contributed by atoms with Gasteiger partial charge in [-0.3, -0.25) is 0 Å². The van der Waals surface area contributed by atoms with Crippen molar-refractivity contribution in [1.29, 1.82) is 5.26 Å². The average Bonchev–Trinajstić information content (AvgIpc) is 2.33. The number of rotatable bonds is 2. The number of nitrogens with zero attached hydrogens (tertiary/aromatic N) is 2. The van der Waals surface area contributed by atoms with Crippen LogP contribution < -0.4 is 5.32 Å². The van der Waals surface area contributed by atoms with Crippen LogP contribution in [0.15, 0.2) is 30.3 Å². The highest BCUT2D eigenvalue weighted by Gasteiger charge is 2.03. The van der Waals surface area contributed by atoms with E-state index in [1.165, 1.54) is 12.1 Å². The summed E-state index contributed by atoms with van der Waals surface area (Å²) in [5.74, 6) is 0.183. The SMILES string of the molecule is Cc1cc(Nc2cc(C#N)cc(Cl)n2)ccc1F. The Balaban J connectivity index is 2.31. The Bertz CT molecular complexity index is 635. The first-order chi connectivity index (χ1) is 8.58. The molecule has 3 nitrogen and oxygen atoms in total. The molecule has 2 aromatic rings. The maximum absolute atomic E-state index is 13.1. The Morgan fingerprint density at radius 3 is 2.78 bits per heavy atom. The lowest BCUT2D eigenvalue weighted by Crippen LogP contribution is -1.96. The van der Waals surface area contributed by atoms with Gasteiger partial charge in [0.15, 0.2) is 0 Å². The molecule has 0 spiro atoms. The molecule has 0 aliphatic heterocycles. The van der Waals surface area contributed by atoms with Gasteiger partial charge in [0.25, 0.3) is 0 Å². The smallest absolute Gasteiger partial charge is 0.133 e. The van der Waals surface area contributed by atoms with Gasteiger partial charge in [-0.25, -0.2) is 9.37 Å².